The molecule has 0 aliphatic rings. The van der Waals surface area contributed by atoms with Crippen molar-refractivity contribution in [2.24, 2.45) is 0 Å². The fourth-order valence-electron chi connectivity index (χ4n) is 1.56. The normalized spacial score (nSPS) is 10.5. The van der Waals surface area contributed by atoms with E-state index in [4.69, 9.17) is 0 Å². The molecule has 0 aliphatic carbocycles. The van der Waals surface area contributed by atoms with E-state index in [1.807, 2.05) is 0 Å². The van der Waals surface area contributed by atoms with Crippen LogP contribution in [0.2, 0.25) is 0 Å². The maximum absolute atomic E-state index is 12.1. The first kappa shape index (κ1) is 15.1. The summed E-state index contributed by atoms with van der Waals surface area (Å²) in [5, 5.41) is 10.7. The predicted octanol–water partition coefficient (Wildman–Crippen LogP) is 3.23. The Balaban J connectivity index is 2.34. The average molecular weight is 422 g/mol. The van der Waals surface area contributed by atoms with Crippen LogP contribution in [-0.2, 0) is 6.54 Å². The molecular weight excluding hydrogens is 416 g/mol. The zero-order chi connectivity index (χ0) is 14.9. The Morgan fingerprint density at radius 2 is 2.15 bits per heavy atom. The Bertz CT molecular complexity index is 753. The minimum Gasteiger partial charge on any atom is -0.302 e. The molecule has 2 aromatic heterocycles. The smallest absolute Gasteiger partial charge is 0.302 e. The van der Waals surface area contributed by atoms with E-state index < -0.39 is 16.2 Å². The second-order valence-corrected chi connectivity index (χ2v) is 7.49. The molecule has 0 aliphatic heterocycles. The number of thiophene rings is 1. The van der Waals surface area contributed by atoms with Crippen LogP contribution in [0.15, 0.2) is 36.8 Å². The third-order valence-corrected chi connectivity index (χ3v) is 4.81. The Morgan fingerprint density at radius 3 is 2.70 bits per heavy atom. The lowest BCUT2D eigenvalue weighted by Crippen LogP contribution is -2.25. The van der Waals surface area contributed by atoms with Crippen molar-refractivity contribution in [1.82, 2.24) is 4.57 Å². The van der Waals surface area contributed by atoms with Crippen molar-refractivity contribution >= 4 is 54.7 Å². The Kier molecular flexibility index (Phi) is 4.51. The SMILES string of the molecule is O=C(Cn1cccc([N+](=O)[O-])c1=O)c1cc(Br)sc1Br. The highest BCUT2D eigenvalue weighted by Gasteiger charge is 2.18. The predicted molar refractivity (Wildman–Crippen MR) is 81.4 cm³/mol. The molecule has 0 N–H and O–H groups in total. The van der Waals surface area contributed by atoms with Gasteiger partial charge in [-0.15, -0.1) is 11.3 Å². The van der Waals surface area contributed by atoms with Gasteiger partial charge in [0.25, 0.3) is 0 Å². The minimum atomic E-state index is -0.795. The zero-order valence-electron chi connectivity index (χ0n) is 9.71. The number of halogens is 2. The summed E-state index contributed by atoms with van der Waals surface area (Å²) in [7, 11) is 0. The summed E-state index contributed by atoms with van der Waals surface area (Å²) in [6, 6.07) is 4.12. The standard InChI is InChI=1S/C11H6Br2N2O4S/c12-9-4-6(10(13)20-9)8(16)5-14-3-1-2-7(11(14)17)15(18)19/h1-4H,5H2. The number of nitro groups is 1. The molecule has 0 atom stereocenters. The molecule has 2 aromatic rings. The minimum absolute atomic E-state index is 0.248. The van der Waals surface area contributed by atoms with Gasteiger partial charge in [-0.1, -0.05) is 0 Å². The van der Waals surface area contributed by atoms with Gasteiger partial charge in [-0.25, -0.2) is 0 Å². The second-order valence-electron chi connectivity index (χ2n) is 3.74. The lowest BCUT2D eigenvalue weighted by atomic mass is 10.2. The van der Waals surface area contributed by atoms with Gasteiger partial charge in [-0.2, -0.15) is 0 Å². The van der Waals surface area contributed by atoms with Crippen molar-refractivity contribution in [2.45, 2.75) is 6.54 Å². The van der Waals surface area contributed by atoms with Gasteiger partial charge in [0.1, 0.15) is 0 Å². The number of ketones is 1. The maximum Gasteiger partial charge on any atom is 0.334 e. The van der Waals surface area contributed by atoms with Crippen molar-refractivity contribution in [3.63, 3.8) is 0 Å². The third-order valence-electron chi connectivity index (χ3n) is 2.47. The van der Waals surface area contributed by atoms with E-state index in [-0.39, 0.29) is 12.3 Å². The fraction of sp³-hybridized carbons (Fsp3) is 0.0909. The van der Waals surface area contributed by atoms with Gasteiger partial charge >= 0.3 is 11.2 Å². The van der Waals surface area contributed by atoms with E-state index in [9.17, 15) is 19.7 Å². The topological polar surface area (TPSA) is 82.2 Å². The molecule has 20 heavy (non-hydrogen) atoms. The molecule has 0 amide bonds. The molecule has 2 rings (SSSR count). The van der Waals surface area contributed by atoms with E-state index in [2.05, 4.69) is 31.9 Å². The van der Waals surface area contributed by atoms with E-state index in [1.54, 1.807) is 6.07 Å². The molecule has 0 spiro atoms. The van der Waals surface area contributed by atoms with Crippen LogP contribution in [-0.4, -0.2) is 15.3 Å². The number of hydrogen-bond donors (Lipinski definition) is 0. The molecule has 0 unspecified atom stereocenters. The number of pyridine rings is 1. The van der Waals surface area contributed by atoms with Gasteiger partial charge in [-0.3, -0.25) is 19.7 Å². The van der Waals surface area contributed by atoms with Crippen LogP contribution in [0.1, 0.15) is 10.4 Å². The number of Topliss-reactive ketones (excluding diaryl/α,β-unsaturated/α-hetero) is 1. The van der Waals surface area contributed by atoms with Crippen LogP contribution in [0.25, 0.3) is 0 Å². The number of rotatable bonds is 4. The fourth-order valence-corrected chi connectivity index (χ4v) is 4.41. The number of hydrogen-bond acceptors (Lipinski definition) is 5. The lowest BCUT2D eigenvalue weighted by Gasteiger charge is -2.03. The molecule has 0 radical (unpaired) electrons. The van der Waals surface area contributed by atoms with Crippen LogP contribution >= 0.6 is 43.2 Å². The Morgan fingerprint density at radius 1 is 1.45 bits per heavy atom. The van der Waals surface area contributed by atoms with Gasteiger partial charge in [0.05, 0.1) is 19.0 Å². The molecule has 0 bridgehead atoms. The van der Waals surface area contributed by atoms with Crippen molar-refractivity contribution in [1.29, 1.82) is 0 Å². The van der Waals surface area contributed by atoms with E-state index in [0.717, 1.165) is 14.4 Å². The monoisotopic (exact) mass is 420 g/mol. The van der Waals surface area contributed by atoms with Gasteiger partial charge in [0, 0.05) is 17.8 Å². The first-order valence-electron chi connectivity index (χ1n) is 5.22. The number of nitrogens with zero attached hydrogens (tertiary/aromatic N) is 2. The summed E-state index contributed by atoms with van der Waals surface area (Å²) < 4.78 is 2.45. The summed E-state index contributed by atoms with van der Waals surface area (Å²) in [5.74, 6) is -0.304. The second kappa shape index (κ2) is 5.98. The van der Waals surface area contributed by atoms with Gasteiger partial charge < -0.3 is 4.57 Å². The van der Waals surface area contributed by atoms with Crippen LogP contribution in [0.4, 0.5) is 5.69 Å². The summed E-state index contributed by atoms with van der Waals surface area (Å²) >= 11 is 7.86. The Labute approximate surface area is 133 Å². The molecule has 0 saturated heterocycles. The molecule has 9 heteroatoms. The highest BCUT2D eigenvalue weighted by molar-refractivity contribution is 9.12. The van der Waals surface area contributed by atoms with Crippen LogP contribution in [0, 0.1) is 10.1 Å². The van der Waals surface area contributed by atoms with Gasteiger partial charge in [0.15, 0.2) is 5.78 Å². The van der Waals surface area contributed by atoms with Crippen LogP contribution in [0.5, 0.6) is 0 Å². The summed E-state index contributed by atoms with van der Waals surface area (Å²) in [6.45, 7) is -0.248. The number of aromatic nitrogens is 1. The van der Waals surface area contributed by atoms with Crippen molar-refractivity contribution in [3.8, 4) is 0 Å². The number of carbonyl (C=O) groups excluding carboxylic acids is 1. The third kappa shape index (κ3) is 3.05. The quantitative estimate of drug-likeness (QED) is 0.431. The van der Waals surface area contributed by atoms with Crippen molar-refractivity contribution in [3.05, 3.63) is 58.0 Å². The summed E-state index contributed by atoms with van der Waals surface area (Å²) in [5.41, 5.74) is -0.914. The molecule has 104 valence electrons. The van der Waals surface area contributed by atoms with Crippen molar-refractivity contribution < 1.29 is 9.72 Å². The first-order chi connectivity index (χ1) is 9.40. The van der Waals surface area contributed by atoms with Gasteiger partial charge in [0.2, 0.25) is 0 Å². The average Bonchev–Trinajstić information content (AvgIpc) is 2.70. The lowest BCUT2D eigenvalue weighted by molar-refractivity contribution is -0.386. The first-order valence-corrected chi connectivity index (χ1v) is 7.62. The molecule has 0 aromatic carbocycles. The molecule has 6 nitrogen and oxygen atoms in total. The van der Waals surface area contributed by atoms with E-state index in [1.165, 1.54) is 23.6 Å². The molecule has 0 fully saturated rings. The zero-order valence-corrected chi connectivity index (χ0v) is 13.7. The largest absolute Gasteiger partial charge is 0.334 e. The van der Waals surface area contributed by atoms with Crippen molar-refractivity contribution in [2.75, 3.05) is 0 Å². The van der Waals surface area contributed by atoms with E-state index >= 15 is 0 Å². The highest BCUT2D eigenvalue weighted by atomic mass is 79.9. The molecule has 2 heterocycles. The maximum atomic E-state index is 12.1. The van der Waals surface area contributed by atoms with Gasteiger partial charge in [-0.05, 0) is 44.0 Å². The summed E-state index contributed by atoms with van der Waals surface area (Å²) in [6.07, 6.45) is 1.35. The highest BCUT2D eigenvalue weighted by Crippen LogP contribution is 2.32. The number of carbonyl (C=O) groups is 1. The van der Waals surface area contributed by atoms with E-state index in [0.29, 0.717) is 9.35 Å². The Hall–Kier alpha value is -1.32. The molecular formula is C11H6Br2N2O4S. The summed E-state index contributed by atoms with van der Waals surface area (Å²) in [4.78, 5) is 33.8. The van der Waals surface area contributed by atoms with Crippen LogP contribution in [0.3, 0.4) is 0 Å². The molecule has 0 saturated carbocycles. The van der Waals surface area contributed by atoms with Crippen LogP contribution < -0.4 is 5.56 Å².